The van der Waals surface area contributed by atoms with Crippen molar-refractivity contribution in [2.75, 3.05) is 7.11 Å². The Morgan fingerprint density at radius 2 is 1.74 bits per heavy atom. The first-order valence-electron chi connectivity index (χ1n) is 6.57. The lowest BCUT2D eigenvalue weighted by molar-refractivity contribution is -0.386. The zero-order chi connectivity index (χ0) is 17.1. The van der Waals surface area contributed by atoms with Crippen LogP contribution in [0.3, 0.4) is 0 Å². The van der Waals surface area contributed by atoms with Gasteiger partial charge in [0.2, 0.25) is 5.75 Å². The molecule has 7 nitrogen and oxygen atoms in total. The van der Waals surface area contributed by atoms with Crippen LogP contribution in [0.5, 0.6) is 5.75 Å². The summed E-state index contributed by atoms with van der Waals surface area (Å²) in [5.74, 6) is -1.84. The highest BCUT2D eigenvalue weighted by molar-refractivity contribution is 6.03. The van der Waals surface area contributed by atoms with E-state index in [0.29, 0.717) is 11.1 Å². The van der Waals surface area contributed by atoms with Crippen LogP contribution in [0.1, 0.15) is 27.6 Å². The first kappa shape index (κ1) is 16.2. The predicted molar refractivity (Wildman–Crippen MR) is 82.0 cm³/mol. The van der Waals surface area contributed by atoms with E-state index in [9.17, 15) is 19.7 Å². The fraction of sp³-hybridized carbons (Fsp3) is 0.125. The number of benzene rings is 2. The van der Waals surface area contributed by atoms with Gasteiger partial charge < -0.3 is 9.84 Å². The largest absolute Gasteiger partial charge is 0.490 e. The van der Waals surface area contributed by atoms with E-state index in [1.54, 1.807) is 24.3 Å². The maximum Gasteiger partial charge on any atom is 0.342 e. The molecule has 0 aromatic heterocycles. The summed E-state index contributed by atoms with van der Waals surface area (Å²) in [5.41, 5.74) is -0.0261. The molecule has 2 rings (SSSR count). The van der Waals surface area contributed by atoms with E-state index in [2.05, 4.69) is 0 Å². The van der Waals surface area contributed by atoms with Crippen molar-refractivity contribution in [3.8, 4) is 16.9 Å². The van der Waals surface area contributed by atoms with E-state index in [1.807, 2.05) is 0 Å². The number of nitrogens with zero attached hydrogens (tertiary/aromatic N) is 1. The Kier molecular flexibility index (Phi) is 4.40. The van der Waals surface area contributed by atoms with E-state index in [0.717, 1.165) is 6.07 Å². The molecule has 7 heteroatoms. The summed E-state index contributed by atoms with van der Waals surface area (Å²) < 4.78 is 5.10. The minimum Gasteiger partial charge on any atom is -0.490 e. The lowest BCUT2D eigenvalue weighted by Crippen LogP contribution is -2.06. The highest BCUT2D eigenvalue weighted by Crippen LogP contribution is 2.41. The SMILES string of the molecule is COc1c(-c2ccccc2C(C)=O)ccc(C(=O)O)c1[N+](=O)[O-]. The van der Waals surface area contributed by atoms with Crippen molar-refractivity contribution in [2.24, 2.45) is 0 Å². The molecule has 0 aliphatic rings. The van der Waals surface area contributed by atoms with Gasteiger partial charge in [0.1, 0.15) is 5.56 Å². The third-order valence-electron chi connectivity index (χ3n) is 3.35. The van der Waals surface area contributed by atoms with Crippen molar-refractivity contribution >= 4 is 17.4 Å². The fourth-order valence-corrected chi connectivity index (χ4v) is 2.37. The number of Topliss-reactive ketones (excluding diaryl/α,β-unsaturated/α-hetero) is 1. The zero-order valence-electron chi connectivity index (χ0n) is 12.4. The topological polar surface area (TPSA) is 107 Å². The first-order valence-corrected chi connectivity index (χ1v) is 6.57. The van der Waals surface area contributed by atoms with Gasteiger partial charge in [-0.2, -0.15) is 0 Å². The second-order valence-corrected chi connectivity index (χ2v) is 4.71. The van der Waals surface area contributed by atoms with Gasteiger partial charge in [0.05, 0.1) is 12.0 Å². The third-order valence-corrected chi connectivity index (χ3v) is 3.35. The molecule has 118 valence electrons. The smallest absolute Gasteiger partial charge is 0.342 e. The molecule has 0 radical (unpaired) electrons. The molecule has 0 fully saturated rings. The highest BCUT2D eigenvalue weighted by atomic mass is 16.6. The average Bonchev–Trinajstić information content (AvgIpc) is 2.52. The van der Waals surface area contributed by atoms with Gasteiger partial charge in [-0.1, -0.05) is 24.3 Å². The van der Waals surface area contributed by atoms with Crippen molar-refractivity contribution in [3.63, 3.8) is 0 Å². The molecule has 0 atom stereocenters. The van der Waals surface area contributed by atoms with Crippen molar-refractivity contribution in [1.82, 2.24) is 0 Å². The summed E-state index contributed by atoms with van der Waals surface area (Å²) in [5, 5.41) is 20.4. The van der Waals surface area contributed by atoms with Crippen LogP contribution in [0.25, 0.3) is 11.1 Å². The molecular weight excluding hydrogens is 302 g/mol. The Morgan fingerprint density at radius 3 is 2.26 bits per heavy atom. The Bertz CT molecular complexity index is 812. The number of carboxylic acid groups (broad SMARTS) is 1. The predicted octanol–water partition coefficient (Wildman–Crippen LogP) is 3.17. The molecule has 0 bridgehead atoms. The number of carbonyl (C=O) groups excluding carboxylic acids is 1. The molecule has 0 aliphatic carbocycles. The van der Waals surface area contributed by atoms with Gasteiger partial charge in [-0.25, -0.2) is 4.79 Å². The summed E-state index contributed by atoms with van der Waals surface area (Å²) >= 11 is 0. The van der Waals surface area contributed by atoms with Crippen LogP contribution in [-0.4, -0.2) is 28.9 Å². The molecule has 2 aromatic rings. The maximum absolute atomic E-state index is 11.8. The number of hydrogen-bond donors (Lipinski definition) is 1. The van der Waals surface area contributed by atoms with Crippen molar-refractivity contribution in [1.29, 1.82) is 0 Å². The number of nitro groups is 1. The van der Waals surface area contributed by atoms with Gasteiger partial charge in [0.25, 0.3) is 0 Å². The number of ether oxygens (including phenoxy) is 1. The standard InChI is InChI=1S/C16H13NO6/c1-9(18)10-5-3-4-6-11(10)12-7-8-13(16(19)20)14(17(21)22)15(12)23-2/h3-8H,1-2H3,(H,19,20). The number of carboxylic acids is 1. The quantitative estimate of drug-likeness (QED) is 0.516. The average molecular weight is 315 g/mol. The van der Waals surface area contributed by atoms with Gasteiger partial charge in [-0.05, 0) is 24.6 Å². The van der Waals surface area contributed by atoms with Gasteiger partial charge in [-0.3, -0.25) is 14.9 Å². The van der Waals surface area contributed by atoms with Gasteiger partial charge in [0.15, 0.2) is 5.78 Å². The number of nitro benzene ring substituents is 1. The van der Waals surface area contributed by atoms with E-state index in [-0.39, 0.29) is 17.1 Å². The molecule has 0 saturated carbocycles. The fourth-order valence-electron chi connectivity index (χ4n) is 2.37. The Balaban J connectivity index is 2.85. The van der Waals surface area contributed by atoms with Gasteiger partial charge >= 0.3 is 11.7 Å². The first-order chi connectivity index (χ1) is 10.9. The Hall–Kier alpha value is -3.22. The summed E-state index contributed by atoms with van der Waals surface area (Å²) in [6.07, 6.45) is 0. The van der Waals surface area contributed by atoms with Crippen LogP contribution in [0.4, 0.5) is 5.69 Å². The van der Waals surface area contributed by atoms with Crippen LogP contribution < -0.4 is 4.74 Å². The molecule has 0 saturated heterocycles. The summed E-state index contributed by atoms with van der Waals surface area (Å²) in [6, 6.07) is 9.10. The molecule has 0 spiro atoms. The Morgan fingerprint density at radius 1 is 1.09 bits per heavy atom. The summed E-state index contributed by atoms with van der Waals surface area (Å²) in [6.45, 7) is 1.38. The third kappa shape index (κ3) is 2.89. The second kappa shape index (κ2) is 6.27. The van der Waals surface area contributed by atoms with Crippen molar-refractivity contribution < 1.29 is 24.4 Å². The van der Waals surface area contributed by atoms with Gasteiger partial charge in [-0.15, -0.1) is 0 Å². The van der Waals surface area contributed by atoms with Crippen molar-refractivity contribution in [3.05, 3.63) is 57.6 Å². The molecule has 2 aromatic carbocycles. The van der Waals surface area contributed by atoms with Gasteiger partial charge in [0, 0.05) is 11.1 Å². The zero-order valence-corrected chi connectivity index (χ0v) is 12.4. The summed E-state index contributed by atoms with van der Waals surface area (Å²) in [4.78, 5) is 33.5. The molecule has 0 heterocycles. The highest BCUT2D eigenvalue weighted by Gasteiger charge is 2.29. The Labute approximate surface area is 131 Å². The number of hydrogen-bond acceptors (Lipinski definition) is 5. The van der Waals surface area contributed by atoms with E-state index in [4.69, 9.17) is 9.84 Å². The summed E-state index contributed by atoms with van der Waals surface area (Å²) in [7, 11) is 1.22. The van der Waals surface area contributed by atoms with Crippen LogP contribution >= 0.6 is 0 Å². The van der Waals surface area contributed by atoms with Crippen LogP contribution in [-0.2, 0) is 0 Å². The van der Waals surface area contributed by atoms with E-state index >= 15 is 0 Å². The lowest BCUT2D eigenvalue weighted by atomic mass is 9.95. The molecule has 0 amide bonds. The number of rotatable bonds is 5. The van der Waals surface area contributed by atoms with Crippen LogP contribution in [0.15, 0.2) is 36.4 Å². The minimum absolute atomic E-state index is 0.191. The second-order valence-electron chi connectivity index (χ2n) is 4.71. The lowest BCUT2D eigenvalue weighted by Gasteiger charge is -2.13. The molecular formula is C16H13NO6. The number of ketones is 1. The van der Waals surface area contributed by atoms with E-state index in [1.165, 1.54) is 20.1 Å². The molecule has 23 heavy (non-hydrogen) atoms. The molecule has 0 aliphatic heterocycles. The van der Waals surface area contributed by atoms with Crippen molar-refractivity contribution in [2.45, 2.75) is 6.92 Å². The monoisotopic (exact) mass is 315 g/mol. The van der Waals surface area contributed by atoms with Crippen LogP contribution in [0, 0.1) is 10.1 Å². The maximum atomic E-state index is 11.8. The molecule has 0 unspecified atom stereocenters. The normalized spacial score (nSPS) is 10.2. The minimum atomic E-state index is -1.43. The number of aromatic carboxylic acids is 1. The van der Waals surface area contributed by atoms with E-state index < -0.39 is 22.1 Å². The molecule has 1 N–H and O–H groups in total. The number of carbonyl (C=O) groups is 2. The van der Waals surface area contributed by atoms with Crippen LogP contribution in [0.2, 0.25) is 0 Å². The number of methoxy groups -OCH3 is 1.